The molecule has 0 radical (unpaired) electrons. The molecular weight excluding hydrogens is 280 g/mol. The highest BCUT2D eigenvalue weighted by Crippen LogP contribution is 2.43. The van der Waals surface area contributed by atoms with E-state index in [4.69, 9.17) is 11.6 Å². The van der Waals surface area contributed by atoms with Gasteiger partial charge in [0.2, 0.25) is 0 Å². The lowest BCUT2D eigenvalue weighted by molar-refractivity contribution is 0.000141. The maximum atomic E-state index is 14.2. The molecule has 3 rings (SSSR count). The van der Waals surface area contributed by atoms with E-state index in [2.05, 4.69) is 17.2 Å². The highest BCUT2D eigenvalue weighted by Gasteiger charge is 2.47. The summed E-state index contributed by atoms with van der Waals surface area (Å²) in [6, 6.07) is 11.9. The van der Waals surface area contributed by atoms with Crippen LogP contribution in [-0.2, 0) is 5.92 Å². The molecule has 1 aliphatic heterocycles. The van der Waals surface area contributed by atoms with Gasteiger partial charge in [-0.05, 0) is 30.3 Å². The molecule has 1 nitrogen and oxygen atoms in total. The van der Waals surface area contributed by atoms with Crippen molar-refractivity contribution < 1.29 is 8.78 Å². The predicted octanol–water partition coefficient (Wildman–Crippen LogP) is 4.28. The molecule has 2 aromatic carbocycles. The molecule has 20 heavy (non-hydrogen) atoms. The lowest BCUT2D eigenvalue weighted by Gasteiger charge is -2.13. The summed E-state index contributed by atoms with van der Waals surface area (Å²) in [5.41, 5.74) is 1.09. The number of alkyl halides is 2. The number of rotatable bonds is 0. The molecule has 1 aliphatic rings. The minimum absolute atomic E-state index is 0.00425. The van der Waals surface area contributed by atoms with Gasteiger partial charge < -0.3 is 5.32 Å². The van der Waals surface area contributed by atoms with Crippen LogP contribution < -0.4 is 5.32 Å². The number of hydrogen-bond acceptors (Lipinski definition) is 1. The standard InChI is InChI=1S/C16H10ClF2N/c17-12-8-5-11(6-9-12)7-10-15-16(18,19)13-3-1-2-4-14(13)20-15/h1-6,8-9,15,20H. The quantitative estimate of drug-likeness (QED) is 0.714. The molecule has 0 fully saturated rings. The van der Waals surface area contributed by atoms with Crippen molar-refractivity contribution in [3.63, 3.8) is 0 Å². The van der Waals surface area contributed by atoms with E-state index in [1.807, 2.05) is 0 Å². The maximum absolute atomic E-state index is 14.2. The van der Waals surface area contributed by atoms with Crippen LogP contribution in [0.5, 0.6) is 0 Å². The maximum Gasteiger partial charge on any atom is 0.306 e. The number of halogens is 3. The second kappa shape index (κ2) is 4.81. The van der Waals surface area contributed by atoms with Crippen molar-refractivity contribution in [3.05, 3.63) is 64.7 Å². The zero-order valence-electron chi connectivity index (χ0n) is 10.3. The number of hydrogen-bond donors (Lipinski definition) is 1. The highest BCUT2D eigenvalue weighted by molar-refractivity contribution is 6.30. The molecule has 0 bridgehead atoms. The summed E-state index contributed by atoms with van der Waals surface area (Å²) in [7, 11) is 0. The van der Waals surface area contributed by atoms with Gasteiger partial charge in [-0.15, -0.1) is 0 Å². The Morgan fingerprint density at radius 1 is 1.05 bits per heavy atom. The molecule has 0 spiro atoms. The Kier molecular flexibility index (Phi) is 3.11. The first-order valence-electron chi connectivity index (χ1n) is 6.08. The van der Waals surface area contributed by atoms with E-state index < -0.39 is 12.0 Å². The number of anilines is 1. The third kappa shape index (κ3) is 2.23. The van der Waals surface area contributed by atoms with Gasteiger partial charge in [-0.3, -0.25) is 0 Å². The summed E-state index contributed by atoms with van der Waals surface area (Å²) < 4.78 is 28.4. The van der Waals surface area contributed by atoms with Gasteiger partial charge in [0.15, 0.2) is 6.04 Å². The molecule has 0 saturated carbocycles. The van der Waals surface area contributed by atoms with E-state index in [0.29, 0.717) is 16.3 Å². The Bertz CT molecular complexity index is 698. The summed E-state index contributed by atoms with van der Waals surface area (Å²) in [6.07, 6.45) is 0. The SMILES string of the molecule is FC1(F)c2ccccc2NC1C#Cc1ccc(Cl)cc1. The third-order valence-corrected chi connectivity index (χ3v) is 3.41. The summed E-state index contributed by atoms with van der Waals surface area (Å²) in [5.74, 6) is 2.36. The van der Waals surface area contributed by atoms with E-state index in [0.717, 1.165) is 0 Å². The Morgan fingerprint density at radius 3 is 2.45 bits per heavy atom. The molecule has 0 aromatic heterocycles. The van der Waals surface area contributed by atoms with Gasteiger partial charge >= 0.3 is 5.92 Å². The smallest absolute Gasteiger partial charge is 0.306 e. The van der Waals surface area contributed by atoms with Gasteiger partial charge in [0.05, 0.1) is 0 Å². The van der Waals surface area contributed by atoms with Crippen LogP contribution in [0.2, 0.25) is 5.02 Å². The molecule has 1 N–H and O–H groups in total. The van der Waals surface area contributed by atoms with E-state index >= 15 is 0 Å². The number of benzene rings is 2. The average molecular weight is 290 g/mol. The van der Waals surface area contributed by atoms with E-state index in [1.165, 1.54) is 6.07 Å². The van der Waals surface area contributed by atoms with Gasteiger partial charge in [-0.2, -0.15) is 8.78 Å². The molecule has 0 saturated heterocycles. The summed E-state index contributed by atoms with van der Waals surface area (Å²) in [5, 5.41) is 3.35. The average Bonchev–Trinajstić information content (AvgIpc) is 2.70. The molecule has 1 atom stereocenters. The fraction of sp³-hybridized carbons (Fsp3) is 0.125. The predicted molar refractivity (Wildman–Crippen MR) is 76.1 cm³/mol. The summed E-state index contributed by atoms with van der Waals surface area (Å²) >= 11 is 5.76. The first-order chi connectivity index (χ1) is 9.57. The number of nitrogens with one attached hydrogen (secondary N) is 1. The van der Waals surface area contributed by atoms with Crippen molar-refractivity contribution in [2.45, 2.75) is 12.0 Å². The van der Waals surface area contributed by atoms with Gasteiger partial charge in [0.1, 0.15) is 0 Å². The monoisotopic (exact) mass is 289 g/mol. The lowest BCUT2D eigenvalue weighted by atomic mass is 10.1. The molecule has 2 aromatic rings. The molecular formula is C16H10ClF2N. The van der Waals surface area contributed by atoms with Gasteiger partial charge in [-0.25, -0.2) is 0 Å². The molecule has 1 unspecified atom stereocenters. The molecule has 4 heteroatoms. The summed E-state index contributed by atoms with van der Waals surface area (Å²) in [4.78, 5) is 0. The van der Waals surface area contributed by atoms with Crippen LogP contribution >= 0.6 is 11.6 Å². The normalized spacial score (nSPS) is 18.6. The van der Waals surface area contributed by atoms with Crippen LogP contribution in [0, 0.1) is 11.8 Å². The number of fused-ring (bicyclic) bond motifs is 1. The summed E-state index contributed by atoms with van der Waals surface area (Å²) in [6.45, 7) is 0. The molecule has 0 amide bonds. The van der Waals surface area contributed by atoms with E-state index in [-0.39, 0.29) is 5.56 Å². The molecule has 100 valence electrons. The minimum atomic E-state index is -2.99. The fourth-order valence-electron chi connectivity index (χ4n) is 2.12. The highest BCUT2D eigenvalue weighted by atomic mass is 35.5. The topological polar surface area (TPSA) is 12.0 Å². The van der Waals surface area contributed by atoms with Crippen LogP contribution in [0.15, 0.2) is 48.5 Å². The van der Waals surface area contributed by atoms with Gasteiger partial charge in [-0.1, -0.05) is 41.6 Å². The van der Waals surface area contributed by atoms with Gasteiger partial charge in [0.25, 0.3) is 0 Å². The van der Waals surface area contributed by atoms with Gasteiger partial charge in [0, 0.05) is 21.8 Å². The fourth-order valence-corrected chi connectivity index (χ4v) is 2.24. The largest absolute Gasteiger partial charge is 0.366 e. The second-order valence-electron chi connectivity index (χ2n) is 4.52. The van der Waals surface area contributed by atoms with Crippen molar-refractivity contribution in [3.8, 4) is 11.8 Å². The van der Waals surface area contributed by atoms with Crippen LogP contribution in [-0.4, -0.2) is 6.04 Å². The molecule has 0 aliphatic carbocycles. The molecule has 1 heterocycles. The third-order valence-electron chi connectivity index (χ3n) is 3.15. The van der Waals surface area contributed by atoms with Crippen molar-refractivity contribution >= 4 is 17.3 Å². The Labute approximate surface area is 120 Å². The first-order valence-corrected chi connectivity index (χ1v) is 6.46. The van der Waals surface area contributed by atoms with Crippen molar-refractivity contribution in [1.29, 1.82) is 0 Å². The van der Waals surface area contributed by atoms with E-state index in [1.54, 1.807) is 42.5 Å². The zero-order valence-corrected chi connectivity index (χ0v) is 11.1. The number of para-hydroxylation sites is 1. The van der Waals surface area contributed by atoms with Crippen LogP contribution in [0.3, 0.4) is 0 Å². The van der Waals surface area contributed by atoms with Crippen LogP contribution in [0.4, 0.5) is 14.5 Å². The zero-order chi connectivity index (χ0) is 14.2. The van der Waals surface area contributed by atoms with Crippen LogP contribution in [0.1, 0.15) is 11.1 Å². The Morgan fingerprint density at radius 2 is 1.75 bits per heavy atom. The lowest BCUT2D eigenvalue weighted by Crippen LogP contribution is -2.29. The Hall–Kier alpha value is -2.05. The van der Waals surface area contributed by atoms with E-state index in [9.17, 15) is 8.78 Å². The van der Waals surface area contributed by atoms with Crippen molar-refractivity contribution in [2.75, 3.05) is 5.32 Å². The van der Waals surface area contributed by atoms with Crippen molar-refractivity contribution in [1.82, 2.24) is 0 Å². The second-order valence-corrected chi connectivity index (χ2v) is 4.96. The minimum Gasteiger partial charge on any atom is -0.366 e. The first kappa shape index (κ1) is 13.0. The van der Waals surface area contributed by atoms with Crippen molar-refractivity contribution in [2.24, 2.45) is 0 Å². The van der Waals surface area contributed by atoms with Crippen LogP contribution in [0.25, 0.3) is 0 Å². The Balaban J connectivity index is 1.89.